The SMILES string of the molecule is CSc1ccc(C(=O)C(CC#N)NC(C)=O)cc1. The minimum absolute atomic E-state index is 0.0251. The van der Waals surface area contributed by atoms with Gasteiger partial charge in [-0.15, -0.1) is 11.8 Å². The zero-order valence-electron chi connectivity index (χ0n) is 10.3. The Hall–Kier alpha value is -1.80. The standard InChI is InChI=1S/C13H14N2O2S/c1-9(16)15-12(7-8-14)13(17)10-3-5-11(18-2)6-4-10/h3-6,12H,7H2,1-2H3,(H,15,16). The van der Waals surface area contributed by atoms with Crippen molar-refractivity contribution in [3.05, 3.63) is 29.8 Å². The molecule has 0 saturated heterocycles. The van der Waals surface area contributed by atoms with Gasteiger partial charge in [0, 0.05) is 17.4 Å². The average molecular weight is 262 g/mol. The first-order valence-corrected chi connectivity index (χ1v) is 6.63. The van der Waals surface area contributed by atoms with Crippen molar-refractivity contribution in [3.8, 4) is 6.07 Å². The molecule has 0 fully saturated rings. The summed E-state index contributed by atoms with van der Waals surface area (Å²) in [7, 11) is 0. The minimum atomic E-state index is -0.771. The third-order valence-corrected chi connectivity index (χ3v) is 3.11. The van der Waals surface area contributed by atoms with Crippen LogP contribution in [-0.2, 0) is 4.79 Å². The first-order chi connectivity index (χ1) is 8.58. The Bertz CT molecular complexity index is 477. The molecule has 0 saturated carbocycles. The van der Waals surface area contributed by atoms with Crippen LogP contribution < -0.4 is 5.32 Å². The van der Waals surface area contributed by atoms with Crippen LogP contribution in [0.15, 0.2) is 29.2 Å². The number of nitriles is 1. The van der Waals surface area contributed by atoms with Crippen molar-refractivity contribution in [1.82, 2.24) is 5.32 Å². The van der Waals surface area contributed by atoms with Gasteiger partial charge in [0.05, 0.1) is 12.5 Å². The number of rotatable bonds is 5. The van der Waals surface area contributed by atoms with Gasteiger partial charge in [-0.2, -0.15) is 5.26 Å². The summed E-state index contributed by atoms with van der Waals surface area (Å²) >= 11 is 1.59. The van der Waals surface area contributed by atoms with E-state index in [1.54, 1.807) is 23.9 Å². The van der Waals surface area contributed by atoms with E-state index in [1.165, 1.54) is 6.92 Å². The number of nitrogens with zero attached hydrogens (tertiary/aromatic N) is 1. The molecule has 1 amide bonds. The van der Waals surface area contributed by atoms with Crippen LogP contribution in [0.2, 0.25) is 0 Å². The van der Waals surface area contributed by atoms with E-state index in [4.69, 9.17) is 5.26 Å². The number of amides is 1. The zero-order valence-corrected chi connectivity index (χ0v) is 11.1. The van der Waals surface area contributed by atoms with Gasteiger partial charge in [0.15, 0.2) is 5.78 Å². The summed E-state index contributed by atoms with van der Waals surface area (Å²) in [5, 5.41) is 11.2. The molecule has 0 aromatic heterocycles. The van der Waals surface area contributed by atoms with Crippen molar-refractivity contribution in [1.29, 1.82) is 5.26 Å². The average Bonchev–Trinajstić information content (AvgIpc) is 2.37. The molecule has 1 aromatic carbocycles. The van der Waals surface area contributed by atoms with E-state index < -0.39 is 6.04 Å². The number of ketones is 1. The molecular formula is C13H14N2O2S. The molecule has 4 nitrogen and oxygen atoms in total. The van der Waals surface area contributed by atoms with Gasteiger partial charge in [0.1, 0.15) is 6.04 Å². The highest BCUT2D eigenvalue weighted by molar-refractivity contribution is 7.98. The molecule has 0 aliphatic heterocycles. The molecule has 0 bridgehead atoms. The van der Waals surface area contributed by atoms with Gasteiger partial charge in [0.25, 0.3) is 0 Å². The molecule has 1 atom stereocenters. The van der Waals surface area contributed by atoms with E-state index in [0.717, 1.165) is 4.90 Å². The summed E-state index contributed by atoms with van der Waals surface area (Å²) in [5.41, 5.74) is 0.502. The van der Waals surface area contributed by atoms with Crippen LogP contribution in [0.4, 0.5) is 0 Å². The normalized spacial score (nSPS) is 11.4. The van der Waals surface area contributed by atoms with Crippen LogP contribution >= 0.6 is 11.8 Å². The zero-order chi connectivity index (χ0) is 13.5. The Kier molecular flexibility index (Phi) is 5.40. The van der Waals surface area contributed by atoms with Gasteiger partial charge in [-0.25, -0.2) is 0 Å². The fraction of sp³-hybridized carbons (Fsp3) is 0.308. The second kappa shape index (κ2) is 6.82. The number of hydrogen-bond donors (Lipinski definition) is 1. The Morgan fingerprint density at radius 3 is 2.44 bits per heavy atom. The maximum absolute atomic E-state index is 12.1. The van der Waals surface area contributed by atoms with Crippen molar-refractivity contribution in [2.45, 2.75) is 24.3 Å². The Morgan fingerprint density at radius 2 is 2.00 bits per heavy atom. The summed E-state index contributed by atoms with van der Waals surface area (Å²) in [6.45, 7) is 1.33. The van der Waals surface area contributed by atoms with Gasteiger partial charge in [-0.1, -0.05) is 12.1 Å². The van der Waals surface area contributed by atoms with E-state index >= 15 is 0 Å². The second-order valence-corrected chi connectivity index (χ2v) is 4.59. The maximum Gasteiger partial charge on any atom is 0.217 e. The fourth-order valence-corrected chi connectivity index (χ4v) is 1.91. The minimum Gasteiger partial charge on any atom is -0.345 e. The van der Waals surface area contributed by atoms with E-state index in [-0.39, 0.29) is 18.1 Å². The molecule has 1 unspecified atom stereocenters. The molecular weight excluding hydrogens is 248 g/mol. The summed E-state index contributed by atoms with van der Waals surface area (Å²) in [6.07, 6.45) is 1.93. The lowest BCUT2D eigenvalue weighted by Crippen LogP contribution is -2.39. The van der Waals surface area contributed by atoms with Crippen LogP contribution in [0.25, 0.3) is 0 Å². The van der Waals surface area contributed by atoms with Gasteiger partial charge in [-0.05, 0) is 18.4 Å². The van der Waals surface area contributed by atoms with Crippen LogP contribution in [0.3, 0.4) is 0 Å². The smallest absolute Gasteiger partial charge is 0.217 e. The molecule has 5 heteroatoms. The quantitative estimate of drug-likeness (QED) is 0.651. The summed E-state index contributed by atoms with van der Waals surface area (Å²) < 4.78 is 0. The number of hydrogen-bond acceptors (Lipinski definition) is 4. The molecule has 0 aliphatic carbocycles. The first kappa shape index (κ1) is 14.3. The summed E-state index contributed by atoms with van der Waals surface area (Å²) in [5.74, 6) is -0.552. The van der Waals surface area contributed by atoms with Crippen LogP contribution in [0.5, 0.6) is 0 Å². The predicted molar refractivity (Wildman–Crippen MR) is 70.4 cm³/mol. The first-order valence-electron chi connectivity index (χ1n) is 5.40. The summed E-state index contributed by atoms with van der Waals surface area (Å²) in [4.78, 5) is 24.1. The number of thioether (sulfide) groups is 1. The number of carbonyl (C=O) groups excluding carboxylic acids is 2. The predicted octanol–water partition coefficient (Wildman–Crippen LogP) is 2.01. The van der Waals surface area contributed by atoms with E-state index in [9.17, 15) is 9.59 Å². The Morgan fingerprint density at radius 1 is 1.39 bits per heavy atom. The molecule has 0 aliphatic rings. The van der Waals surface area contributed by atoms with E-state index in [1.807, 2.05) is 24.5 Å². The highest BCUT2D eigenvalue weighted by Crippen LogP contribution is 2.16. The molecule has 94 valence electrons. The lowest BCUT2D eigenvalue weighted by Gasteiger charge is -2.13. The molecule has 0 radical (unpaired) electrons. The fourth-order valence-electron chi connectivity index (χ4n) is 1.50. The van der Waals surface area contributed by atoms with Crippen molar-refractivity contribution in [2.75, 3.05) is 6.26 Å². The van der Waals surface area contributed by atoms with Crippen molar-refractivity contribution < 1.29 is 9.59 Å². The van der Waals surface area contributed by atoms with Crippen LogP contribution in [0.1, 0.15) is 23.7 Å². The highest BCUT2D eigenvalue weighted by Gasteiger charge is 2.20. The topological polar surface area (TPSA) is 70.0 Å². The number of nitrogens with one attached hydrogen (secondary N) is 1. The molecule has 1 N–H and O–H groups in total. The third kappa shape index (κ3) is 3.90. The van der Waals surface area contributed by atoms with Gasteiger partial charge in [0.2, 0.25) is 5.91 Å². The lowest BCUT2D eigenvalue weighted by atomic mass is 10.0. The Labute approximate surface area is 110 Å². The lowest BCUT2D eigenvalue weighted by molar-refractivity contribution is -0.119. The molecule has 0 heterocycles. The van der Waals surface area contributed by atoms with Crippen LogP contribution in [-0.4, -0.2) is 24.0 Å². The molecule has 18 heavy (non-hydrogen) atoms. The van der Waals surface area contributed by atoms with Gasteiger partial charge in [-0.3, -0.25) is 9.59 Å². The summed E-state index contributed by atoms with van der Waals surface area (Å²) in [6, 6.07) is 8.24. The molecule has 1 aromatic rings. The van der Waals surface area contributed by atoms with Gasteiger partial charge < -0.3 is 5.32 Å². The van der Waals surface area contributed by atoms with Gasteiger partial charge >= 0.3 is 0 Å². The molecule has 0 spiro atoms. The maximum atomic E-state index is 12.1. The van der Waals surface area contributed by atoms with Crippen molar-refractivity contribution in [3.63, 3.8) is 0 Å². The van der Waals surface area contributed by atoms with Crippen LogP contribution in [0, 0.1) is 11.3 Å². The van der Waals surface area contributed by atoms with E-state index in [2.05, 4.69) is 5.32 Å². The largest absolute Gasteiger partial charge is 0.345 e. The number of Topliss-reactive ketones (excluding diaryl/α,β-unsaturated/α-hetero) is 1. The highest BCUT2D eigenvalue weighted by atomic mass is 32.2. The third-order valence-electron chi connectivity index (χ3n) is 2.36. The Balaban J connectivity index is 2.87. The van der Waals surface area contributed by atoms with Crippen molar-refractivity contribution >= 4 is 23.5 Å². The number of benzene rings is 1. The second-order valence-electron chi connectivity index (χ2n) is 3.71. The van der Waals surface area contributed by atoms with E-state index in [0.29, 0.717) is 5.56 Å². The molecule has 1 rings (SSSR count). The monoisotopic (exact) mass is 262 g/mol. The van der Waals surface area contributed by atoms with Crippen molar-refractivity contribution in [2.24, 2.45) is 0 Å². The number of carbonyl (C=O) groups is 2.